The maximum absolute atomic E-state index is 13.0. The van der Waals surface area contributed by atoms with Crippen molar-refractivity contribution < 1.29 is 33.3 Å². The summed E-state index contributed by atoms with van der Waals surface area (Å²) in [5, 5.41) is 2.84. The number of esters is 2. The average Bonchev–Trinajstić information content (AvgIpc) is 2.95. The molecule has 1 fully saturated rings. The second-order valence-corrected chi connectivity index (χ2v) is 9.13. The molecular formula is C30H31NO7. The van der Waals surface area contributed by atoms with Crippen molar-refractivity contribution in [2.24, 2.45) is 5.92 Å². The van der Waals surface area contributed by atoms with Gasteiger partial charge in [0, 0.05) is 12.8 Å². The van der Waals surface area contributed by atoms with Gasteiger partial charge in [0.2, 0.25) is 5.91 Å². The van der Waals surface area contributed by atoms with Gasteiger partial charge >= 0.3 is 11.9 Å². The van der Waals surface area contributed by atoms with Gasteiger partial charge < -0.3 is 24.3 Å². The summed E-state index contributed by atoms with van der Waals surface area (Å²) in [6.07, 6.45) is -2.45. The summed E-state index contributed by atoms with van der Waals surface area (Å²) in [7, 11) is 0. The Morgan fingerprint density at radius 2 is 1.37 bits per heavy atom. The van der Waals surface area contributed by atoms with E-state index in [9.17, 15) is 14.4 Å². The van der Waals surface area contributed by atoms with Crippen LogP contribution in [0.2, 0.25) is 0 Å². The normalized spacial score (nSPS) is 22.7. The fourth-order valence-electron chi connectivity index (χ4n) is 4.31. The fraction of sp³-hybridized carbons (Fsp3) is 0.300. The van der Waals surface area contributed by atoms with Crippen LogP contribution in [0.25, 0.3) is 0 Å². The quantitative estimate of drug-likeness (QED) is 0.426. The van der Waals surface area contributed by atoms with Gasteiger partial charge in [-0.1, -0.05) is 73.7 Å². The third kappa shape index (κ3) is 7.06. The van der Waals surface area contributed by atoms with Crippen LogP contribution >= 0.6 is 0 Å². The molecule has 0 aromatic heterocycles. The highest BCUT2D eigenvalue weighted by Gasteiger charge is 2.47. The first kappa shape index (κ1) is 27.0. The summed E-state index contributed by atoms with van der Waals surface area (Å²) >= 11 is 0. The molecule has 1 amide bonds. The molecule has 8 heteroatoms. The van der Waals surface area contributed by atoms with E-state index in [1.165, 1.54) is 6.92 Å². The van der Waals surface area contributed by atoms with Crippen LogP contribution in [-0.4, -0.2) is 49.0 Å². The molecule has 1 aliphatic rings. The van der Waals surface area contributed by atoms with Crippen LogP contribution in [0.5, 0.6) is 0 Å². The SMILES string of the molecule is CC(=O)NC1[C@H](OCc2ccccc2)OC(COC(=O)c2ccccc2)[C@H](C)[C@@H]1OC(=O)c1ccccc1. The highest BCUT2D eigenvalue weighted by Crippen LogP contribution is 2.31. The number of hydrogen-bond donors (Lipinski definition) is 1. The van der Waals surface area contributed by atoms with E-state index in [0.717, 1.165) is 5.56 Å². The molecule has 5 atom stereocenters. The van der Waals surface area contributed by atoms with Gasteiger partial charge in [-0.2, -0.15) is 0 Å². The van der Waals surface area contributed by atoms with E-state index in [-0.39, 0.29) is 19.1 Å². The van der Waals surface area contributed by atoms with Crippen LogP contribution in [0.4, 0.5) is 0 Å². The zero-order valence-corrected chi connectivity index (χ0v) is 21.3. The van der Waals surface area contributed by atoms with Crippen molar-refractivity contribution >= 4 is 17.8 Å². The second-order valence-electron chi connectivity index (χ2n) is 9.13. The lowest BCUT2D eigenvalue weighted by atomic mass is 9.89. The van der Waals surface area contributed by atoms with E-state index >= 15 is 0 Å². The molecular weight excluding hydrogens is 486 g/mol. The summed E-state index contributed by atoms with van der Waals surface area (Å²) < 4.78 is 23.8. The lowest BCUT2D eigenvalue weighted by Crippen LogP contribution is -2.63. The molecule has 4 rings (SSSR count). The predicted octanol–water partition coefficient (Wildman–Crippen LogP) is 4.15. The maximum Gasteiger partial charge on any atom is 0.338 e. The summed E-state index contributed by atoms with van der Waals surface area (Å²) in [6.45, 7) is 3.31. The molecule has 0 aliphatic carbocycles. The maximum atomic E-state index is 13.0. The summed E-state index contributed by atoms with van der Waals surface area (Å²) in [4.78, 5) is 37.8. The molecule has 1 saturated heterocycles. The zero-order valence-electron chi connectivity index (χ0n) is 21.3. The predicted molar refractivity (Wildman–Crippen MR) is 139 cm³/mol. The summed E-state index contributed by atoms with van der Waals surface area (Å²) in [5.74, 6) is -1.81. The molecule has 2 unspecified atom stereocenters. The highest BCUT2D eigenvalue weighted by atomic mass is 16.7. The van der Waals surface area contributed by atoms with Gasteiger partial charge in [0.15, 0.2) is 6.29 Å². The minimum Gasteiger partial charge on any atom is -0.459 e. The van der Waals surface area contributed by atoms with Crippen LogP contribution in [0.15, 0.2) is 91.0 Å². The minimum absolute atomic E-state index is 0.0910. The fourth-order valence-corrected chi connectivity index (χ4v) is 4.31. The van der Waals surface area contributed by atoms with Crippen LogP contribution in [0.1, 0.15) is 40.1 Å². The Labute approximate surface area is 221 Å². The lowest BCUT2D eigenvalue weighted by Gasteiger charge is -2.44. The van der Waals surface area contributed by atoms with Gasteiger partial charge in [0.05, 0.1) is 17.7 Å². The van der Waals surface area contributed by atoms with E-state index in [0.29, 0.717) is 11.1 Å². The van der Waals surface area contributed by atoms with E-state index in [2.05, 4.69) is 5.32 Å². The standard InChI is InChI=1S/C30H31NO7/c1-20-25(19-35-28(33)23-14-8-4-9-15-23)37-30(36-18-22-12-6-3-7-13-22)26(31-21(2)32)27(20)38-29(34)24-16-10-5-11-17-24/h3-17,20,25-27,30H,18-19H2,1-2H3,(H,31,32)/t20-,25?,26?,27-,30+/m0/s1. The molecule has 0 bridgehead atoms. The average molecular weight is 518 g/mol. The first-order chi connectivity index (χ1) is 18.4. The molecule has 3 aromatic carbocycles. The first-order valence-electron chi connectivity index (χ1n) is 12.5. The summed E-state index contributed by atoms with van der Waals surface area (Å²) in [6, 6.07) is 26.0. The van der Waals surface area contributed by atoms with Crippen LogP contribution in [-0.2, 0) is 30.3 Å². The van der Waals surface area contributed by atoms with Crippen molar-refractivity contribution in [2.45, 2.75) is 45.0 Å². The number of carbonyl (C=O) groups is 3. The Balaban J connectivity index is 1.56. The van der Waals surface area contributed by atoms with Crippen LogP contribution in [0.3, 0.4) is 0 Å². The van der Waals surface area contributed by atoms with E-state index < -0.39 is 42.4 Å². The van der Waals surface area contributed by atoms with Crippen molar-refractivity contribution in [3.8, 4) is 0 Å². The van der Waals surface area contributed by atoms with E-state index in [4.69, 9.17) is 18.9 Å². The molecule has 0 radical (unpaired) electrons. The molecule has 38 heavy (non-hydrogen) atoms. The van der Waals surface area contributed by atoms with Gasteiger partial charge in [-0.05, 0) is 29.8 Å². The van der Waals surface area contributed by atoms with Gasteiger partial charge in [-0.15, -0.1) is 0 Å². The number of rotatable bonds is 9. The van der Waals surface area contributed by atoms with Crippen molar-refractivity contribution in [1.82, 2.24) is 5.32 Å². The van der Waals surface area contributed by atoms with Crippen LogP contribution in [0, 0.1) is 5.92 Å². The molecule has 0 saturated carbocycles. The number of benzene rings is 3. The van der Waals surface area contributed by atoms with Crippen molar-refractivity contribution in [2.75, 3.05) is 6.61 Å². The minimum atomic E-state index is -0.968. The number of amides is 1. The molecule has 8 nitrogen and oxygen atoms in total. The number of nitrogens with one attached hydrogen (secondary N) is 1. The Hall–Kier alpha value is -4.01. The molecule has 3 aromatic rings. The second kappa shape index (κ2) is 13.0. The topological polar surface area (TPSA) is 100 Å². The Bertz CT molecular complexity index is 1200. The molecule has 198 valence electrons. The molecule has 0 spiro atoms. The van der Waals surface area contributed by atoms with E-state index in [1.54, 1.807) is 54.6 Å². The monoisotopic (exact) mass is 517 g/mol. The summed E-state index contributed by atoms with van der Waals surface area (Å²) in [5.41, 5.74) is 1.69. The van der Waals surface area contributed by atoms with Crippen molar-refractivity contribution in [1.29, 1.82) is 0 Å². The van der Waals surface area contributed by atoms with Gasteiger partial charge in [0.1, 0.15) is 24.9 Å². The Morgan fingerprint density at radius 3 is 1.95 bits per heavy atom. The molecule has 1 aliphatic heterocycles. The zero-order chi connectivity index (χ0) is 26.9. The molecule has 1 N–H and O–H groups in total. The van der Waals surface area contributed by atoms with Gasteiger partial charge in [-0.25, -0.2) is 9.59 Å². The van der Waals surface area contributed by atoms with Crippen LogP contribution < -0.4 is 5.32 Å². The highest BCUT2D eigenvalue weighted by molar-refractivity contribution is 5.90. The Morgan fingerprint density at radius 1 is 0.816 bits per heavy atom. The largest absolute Gasteiger partial charge is 0.459 e. The molecule has 1 heterocycles. The van der Waals surface area contributed by atoms with Gasteiger partial charge in [0.25, 0.3) is 0 Å². The number of ether oxygens (including phenoxy) is 4. The van der Waals surface area contributed by atoms with Crippen molar-refractivity contribution in [3.63, 3.8) is 0 Å². The number of carbonyl (C=O) groups excluding carboxylic acids is 3. The number of hydrogen-bond acceptors (Lipinski definition) is 7. The first-order valence-corrected chi connectivity index (χ1v) is 12.5. The third-order valence-corrected chi connectivity index (χ3v) is 6.33. The third-order valence-electron chi connectivity index (χ3n) is 6.33. The lowest BCUT2D eigenvalue weighted by molar-refractivity contribution is -0.258. The smallest absolute Gasteiger partial charge is 0.338 e. The van der Waals surface area contributed by atoms with Crippen molar-refractivity contribution in [3.05, 3.63) is 108 Å². The Kier molecular flexibility index (Phi) is 9.24. The van der Waals surface area contributed by atoms with E-state index in [1.807, 2.05) is 43.3 Å². The van der Waals surface area contributed by atoms with Gasteiger partial charge in [-0.3, -0.25) is 4.79 Å².